The number of aryl methyl sites for hydroxylation is 1. The molecule has 0 fully saturated rings. The molecule has 1 amide bonds. The highest BCUT2D eigenvalue weighted by Crippen LogP contribution is 2.22. The molecule has 1 aromatic carbocycles. The molecule has 0 atom stereocenters. The Morgan fingerprint density at radius 3 is 2.57 bits per heavy atom. The number of nitrogens with zero attached hydrogens (tertiary/aromatic N) is 1. The molecule has 0 aromatic heterocycles. The van der Waals surface area contributed by atoms with Gasteiger partial charge < -0.3 is 14.7 Å². The number of carboxylic acids is 1. The van der Waals surface area contributed by atoms with Crippen molar-refractivity contribution in [1.29, 1.82) is 0 Å². The van der Waals surface area contributed by atoms with Gasteiger partial charge in [0.25, 0.3) is 0 Å². The van der Waals surface area contributed by atoms with Crippen molar-refractivity contribution in [1.82, 2.24) is 4.90 Å². The van der Waals surface area contributed by atoms with E-state index in [2.05, 4.69) is 0 Å². The molecule has 21 heavy (non-hydrogen) atoms. The number of rotatable bonds is 1. The number of fused-ring (bicyclic) bond motifs is 1. The fourth-order valence-electron chi connectivity index (χ4n) is 2.37. The minimum Gasteiger partial charge on any atom is -0.478 e. The lowest BCUT2D eigenvalue weighted by Crippen LogP contribution is -2.36. The standard InChI is InChI=1S/C16H21NO4/c1-16(2,3)21-15(20)17-8-4-5-11-9-12(14(18)19)6-7-13(11)10-17/h6-7,9H,4-5,8,10H2,1-3H3,(H,18,19). The van der Waals surface area contributed by atoms with Gasteiger partial charge in [-0.15, -0.1) is 0 Å². The number of carbonyl (C=O) groups is 2. The van der Waals surface area contributed by atoms with Crippen LogP contribution in [-0.2, 0) is 17.7 Å². The predicted octanol–water partition coefficient (Wildman–Crippen LogP) is 3.07. The number of carboxylic acid groups (broad SMARTS) is 1. The van der Waals surface area contributed by atoms with Crippen LogP contribution in [0.2, 0.25) is 0 Å². The summed E-state index contributed by atoms with van der Waals surface area (Å²) in [5.41, 5.74) is 1.77. The van der Waals surface area contributed by atoms with E-state index in [1.54, 1.807) is 23.1 Å². The zero-order chi connectivity index (χ0) is 15.6. The lowest BCUT2D eigenvalue weighted by Gasteiger charge is -2.26. The number of carbonyl (C=O) groups excluding carboxylic acids is 1. The Morgan fingerprint density at radius 2 is 1.95 bits per heavy atom. The number of hydrogen-bond acceptors (Lipinski definition) is 3. The first-order valence-corrected chi connectivity index (χ1v) is 7.09. The van der Waals surface area contributed by atoms with Gasteiger partial charge in [0.15, 0.2) is 0 Å². The third-order valence-electron chi connectivity index (χ3n) is 3.34. The summed E-state index contributed by atoms with van der Waals surface area (Å²) in [6, 6.07) is 5.08. The van der Waals surface area contributed by atoms with Gasteiger partial charge in [0.2, 0.25) is 0 Å². The minimum absolute atomic E-state index is 0.291. The van der Waals surface area contributed by atoms with Gasteiger partial charge in [-0.1, -0.05) is 6.07 Å². The molecule has 0 saturated heterocycles. The number of hydrogen-bond donors (Lipinski definition) is 1. The summed E-state index contributed by atoms with van der Waals surface area (Å²) < 4.78 is 5.40. The zero-order valence-electron chi connectivity index (χ0n) is 12.7. The van der Waals surface area contributed by atoms with Gasteiger partial charge in [0.1, 0.15) is 5.60 Å². The zero-order valence-corrected chi connectivity index (χ0v) is 12.7. The van der Waals surface area contributed by atoms with E-state index in [9.17, 15) is 9.59 Å². The number of benzene rings is 1. The van der Waals surface area contributed by atoms with Crippen molar-refractivity contribution in [2.24, 2.45) is 0 Å². The van der Waals surface area contributed by atoms with Gasteiger partial charge >= 0.3 is 12.1 Å². The fourth-order valence-corrected chi connectivity index (χ4v) is 2.37. The summed E-state index contributed by atoms with van der Waals surface area (Å²) in [4.78, 5) is 24.9. The highest BCUT2D eigenvalue weighted by Gasteiger charge is 2.24. The molecule has 0 spiro atoms. The van der Waals surface area contributed by atoms with Crippen molar-refractivity contribution < 1.29 is 19.4 Å². The molecule has 1 N–H and O–H groups in total. The Balaban J connectivity index is 2.18. The van der Waals surface area contributed by atoms with Crippen LogP contribution in [0.5, 0.6) is 0 Å². The molecule has 1 heterocycles. The summed E-state index contributed by atoms with van der Waals surface area (Å²) in [7, 11) is 0. The van der Waals surface area contributed by atoms with Gasteiger partial charge in [-0.3, -0.25) is 0 Å². The molecular weight excluding hydrogens is 270 g/mol. The summed E-state index contributed by atoms with van der Waals surface area (Å²) >= 11 is 0. The van der Waals surface area contributed by atoms with E-state index in [1.165, 1.54) is 0 Å². The van der Waals surface area contributed by atoms with Crippen molar-refractivity contribution in [3.05, 3.63) is 34.9 Å². The summed E-state index contributed by atoms with van der Waals surface area (Å²) in [5, 5.41) is 9.04. The molecule has 2 rings (SSSR count). The van der Waals surface area contributed by atoms with Gasteiger partial charge in [-0.25, -0.2) is 9.59 Å². The monoisotopic (exact) mass is 291 g/mol. The van der Waals surface area contributed by atoms with Crippen LogP contribution in [-0.4, -0.2) is 34.2 Å². The smallest absolute Gasteiger partial charge is 0.410 e. The maximum Gasteiger partial charge on any atom is 0.410 e. The van der Waals surface area contributed by atoms with Crippen molar-refractivity contribution in [2.75, 3.05) is 6.54 Å². The number of amides is 1. The van der Waals surface area contributed by atoms with E-state index in [0.717, 1.165) is 24.0 Å². The molecule has 0 unspecified atom stereocenters. The largest absolute Gasteiger partial charge is 0.478 e. The first kappa shape index (κ1) is 15.4. The van der Waals surface area contributed by atoms with Gasteiger partial charge in [0.05, 0.1) is 5.56 Å². The lowest BCUT2D eigenvalue weighted by molar-refractivity contribution is 0.0236. The first-order valence-electron chi connectivity index (χ1n) is 7.09. The Hall–Kier alpha value is -2.04. The molecule has 5 nitrogen and oxygen atoms in total. The second-order valence-corrected chi connectivity index (χ2v) is 6.29. The van der Waals surface area contributed by atoms with Crippen molar-refractivity contribution in [3.63, 3.8) is 0 Å². The van der Waals surface area contributed by atoms with E-state index < -0.39 is 11.6 Å². The Bertz CT molecular complexity index is 560. The van der Waals surface area contributed by atoms with Crippen LogP contribution in [0.15, 0.2) is 18.2 Å². The molecule has 114 valence electrons. The van der Waals surface area contributed by atoms with Crippen LogP contribution in [0.25, 0.3) is 0 Å². The molecule has 5 heteroatoms. The van der Waals surface area contributed by atoms with Gasteiger partial charge in [-0.05, 0) is 56.9 Å². The second kappa shape index (κ2) is 5.76. The van der Waals surface area contributed by atoms with E-state index >= 15 is 0 Å². The first-order chi connectivity index (χ1) is 9.76. The van der Waals surface area contributed by atoms with E-state index in [-0.39, 0.29) is 6.09 Å². The van der Waals surface area contributed by atoms with Crippen molar-refractivity contribution in [2.45, 2.75) is 45.8 Å². The van der Waals surface area contributed by atoms with Crippen LogP contribution in [0.1, 0.15) is 48.7 Å². The summed E-state index contributed by atoms with van der Waals surface area (Å²) in [6.07, 6.45) is 1.25. The minimum atomic E-state index is -0.925. The average molecular weight is 291 g/mol. The van der Waals surface area contributed by atoms with E-state index in [1.807, 2.05) is 20.8 Å². The third kappa shape index (κ3) is 3.97. The van der Waals surface area contributed by atoms with Crippen LogP contribution < -0.4 is 0 Å². The van der Waals surface area contributed by atoms with Gasteiger partial charge in [-0.2, -0.15) is 0 Å². The molecule has 1 aliphatic rings. The maximum absolute atomic E-state index is 12.2. The van der Waals surface area contributed by atoms with Crippen LogP contribution >= 0.6 is 0 Å². The highest BCUT2D eigenvalue weighted by atomic mass is 16.6. The molecule has 0 radical (unpaired) electrons. The predicted molar refractivity (Wildman–Crippen MR) is 78.4 cm³/mol. The van der Waals surface area contributed by atoms with Crippen molar-refractivity contribution in [3.8, 4) is 0 Å². The molecule has 0 saturated carbocycles. The van der Waals surface area contributed by atoms with Crippen molar-refractivity contribution >= 4 is 12.1 Å². The third-order valence-corrected chi connectivity index (χ3v) is 3.34. The maximum atomic E-state index is 12.2. The SMILES string of the molecule is CC(C)(C)OC(=O)N1CCCc2cc(C(=O)O)ccc2C1. The second-order valence-electron chi connectivity index (χ2n) is 6.29. The van der Waals surface area contributed by atoms with E-state index in [4.69, 9.17) is 9.84 Å². The van der Waals surface area contributed by atoms with Crippen LogP contribution in [0.4, 0.5) is 4.79 Å². The Kier molecular flexibility index (Phi) is 4.21. The van der Waals surface area contributed by atoms with E-state index in [0.29, 0.717) is 18.7 Å². The summed E-state index contributed by atoms with van der Waals surface area (Å²) in [5.74, 6) is -0.925. The molecular formula is C16H21NO4. The quantitative estimate of drug-likeness (QED) is 0.863. The molecule has 1 aromatic rings. The normalized spacial score (nSPS) is 15.1. The highest BCUT2D eigenvalue weighted by molar-refractivity contribution is 5.88. The average Bonchev–Trinajstić information content (AvgIpc) is 2.57. The van der Waals surface area contributed by atoms with Crippen LogP contribution in [0, 0.1) is 0 Å². The van der Waals surface area contributed by atoms with Crippen LogP contribution in [0.3, 0.4) is 0 Å². The lowest BCUT2D eigenvalue weighted by atomic mass is 10.0. The number of ether oxygens (including phenoxy) is 1. The van der Waals surface area contributed by atoms with Gasteiger partial charge in [0, 0.05) is 13.1 Å². The number of aromatic carboxylic acids is 1. The molecule has 0 bridgehead atoms. The topological polar surface area (TPSA) is 66.8 Å². The molecule has 0 aliphatic carbocycles. The molecule has 1 aliphatic heterocycles. The Labute approximate surface area is 124 Å². The summed E-state index contributed by atoms with van der Waals surface area (Å²) in [6.45, 7) is 6.61. The fraction of sp³-hybridized carbons (Fsp3) is 0.500. The Morgan fingerprint density at radius 1 is 1.24 bits per heavy atom.